The Morgan fingerprint density at radius 1 is 1.00 bits per heavy atom. The van der Waals surface area contributed by atoms with Crippen molar-refractivity contribution in [1.82, 2.24) is 9.38 Å². The number of rotatable bonds is 5. The number of esters is 1. The van der Waals surface area contributed by atoms with Gasteiger partial charge in [-0.25, -0.2) is 14.3 Å². The summed E-state index contributed by atoms with van der Waals surface area (Å²) >= 11 is 0. The Hall–Kier alpha value is -2.99. The lowest BCUT2D eigenvalue weighted by Gasteiger charge is -2.32. The van der Waals surface area contributed by atoms with Crippen molar-refractivity contribution in [1.29, 1.82) is 0 Å². The Morgan fingerprint density at radius 2 is 1.66 bits per heavy atom. The number of benzene rings is 2. The van der Waals surface area contributed by atoms with Gasteiger partial charge in [0.2, 0.25) is 0 Å². The number of hydrogen-bond acceptors (Lipinski definition) is 4. The number of carbonyl (C=O) groups excluding carboxylic acids is 2. The van der Waals surface area contributed by atoms with Crippen molar-refractivity contribution < 1.29 is 14.3 Å². The van der Waals surface area contributed by atoms with Gasteiger partial charge in [-0.3, -0.25) is 4.79 Å². The third kappa shape index (κ3) is 5.25. The van der Waals surface area contributed by atoms with Crippen LogP contribution in [0.1, 0.15) is 49.0 Å². The highest BCUT2D eigenvalue weighted by Crippen LogP contribution is 2.30. The normalized spacial score (nSPS) is 15.9. The minimum atomic E-state index is -0.495. The van der Waals surface area contributed by atoms with Crippen molar-refractivity contribution in [2.75, 3.05) is 27.2 Å². The Morgan fingerprint density at radius 3 is 2.28 bits per heavy atom. The number of quaternary nitrogens is 1. The molecule has 6 heteroatoms. The fourth-order valence-corrected chi connectivity index (χ4v) is 4.19. The van der Waals surface area contributed by atoms with Gasteiger partial charge in [0, 0.05) is 20.0 Å². The van der Waals surface area contributed by atoms with E-state index < -0.39 is 6.10 Å². The van der Waals surface area contributed by atoms with Gasteiger partial charge in [-0.1, -0.05) is 30.3 Å². The second kappa shape index (κ2) is 10.1. The molecule has 2 aromatic carbocycles. The van der Waals surface area contributed by atoms with Crippen LogP contribution in [0.4, 0.5) is 11.4 Å². The maximum absolute atomic E-state index is 13.8. The molecule has 1 aliphatic rings. The molecule has 0 bridgehead atoms. The largest absolute Gasteiger partial charge is 0.455 e. The van der Waals surface area contributed by atoms with E-state index in [4.69, 9.17) is 9.73 Å². The van der Waals surface area contributed by atoms with Gasteiger partial charge in [0.25, 0.3) is 0 Å². The summed E-state index contributed by atoms with van der Waals surface area (Å²) in [7, 11) is 3.79. The van der Waals surface area contributed by atoms with Gasteiger partial charge in [0.15, 0.2) is 6.10 Å². The maximum Gasteiger partial charge on any atom is 0.352 e. The molecule has 1 atom stereocenters. The number of carbonyl (C=O) groups is 2. The number of amidine groups is 1. The highest BCUT2D eigenvalue weighted by molar-refractivity contribution is 6.07. The van der Waals surface area contributed by atoms with Crippen LogP contribution in [0.15, 0.2) is 53.5 Å². The van der Waals surface area contributed by atoms with Gasteiger partial charge < -0.3 is 9.64 Å². The molecular formula is C26H34N3O3+. The van der Waals surface area contributed by atoms with E-state index in [1.165, 1.54) is 13.3 Å². The SMILES string of the molecule is CC(=O)O[C@@H](C)C(=Nc1cccc(C)c1C(=O)[N+](C)(C)c1ccccc1)N1CCCCC1. The quantitative estimate of drug-likeness (QED) is 0.290. The van der Waals surface area contributed by atoms with Gasteiger partial charge >= 0.3 is 11.9 Å². The minimum absolute atomic E-state index is 0.0359. The molecule has 0 aliphatic carbocycles. The number of nitrogens with zero attached hydrogens (tertiary/aromatic N) is 3. The van der Waals surface area contributed by atoms with Crippen molar-refractivity contribution in [3.8, 4) is 0 Å². The monoisotopic (exact) mass is 436 g/mol. The van der Waals surface area contributed by atoms with Crippen molar-refractivity contribution >= 4 is 29.1 Å². The van der Waals surface area contributed by atoms with Crippen LogP contribution in [0.2, 0.25) is 0 Å². The van der Waals surface area contributed by atoms with Crippen LogP contribution in [0.5, 0.6) is 0 Å². The highest BCUT2D eigenvalue weighted by Gasteiger charge is 2.34. The van der Waals surface area contributed by atoms with E-state index in [0.29, 0.717) is 17.1 Å². The van der Waals surface area contributed by atoms with Crippen LogP contribution < -0.4 is 4.48 Å². The second-order valence-corrected chi connectivity index (χ2v) is 8.83. The third-order valence-electron chi connectivity index (χ3n) is 6.00. The zero-order valence-corrected chi connectivity index (χ0v) is 19.8. The van der Waals surface area contributed by atoms with Crippen molar-refractivity contribution in [2.24, 2.45) is 4.99 Å². The van der Waals surface area contributed by atoms with Crippen LogP contribution in [-0.2, 0) is 9.53 Å². The predicted octanol–water partition coefficient (Wildman–Crippen LogP) is 4.87. The molecule has 2 aromatic rings. The second-order valence-electron chi connectivity index (χ2n) is 8.83. The Bertz CT molecular complexity index is 993. The fraction of sp³-hybridized carbons (Fsp3) is 0.423. The van der Waals surface area contributed by atoms with E-state index in [0.717, 1.165) is 37.2 Å². The molecule has 0 unspecified atom stereocenters. The van der Waals surface area contributed by atoms with Gasteiger partial charge in [0.1, 0.15) is 17.1 Å². The lowest BCUT2D eigenvalue weighted by atomic mass is 10.0. The average Bonchev–Trinajstić information content (AvgIpc) is 2.77. The molecule has 0 spiro atoms. The molecule has 0 N–H and O–H groups in total. The first kappa shape index (κ1) is 23.7. The maximum atomic E-state index is 13.8. The number of ether oxygens (including phenoxy) is 1. The number of piperidine rings is 1. The van der Waals surface area contributed by atoms with Crippen LogP contribution >= 0.6 is 0 Å². The Labute approximate surface area is 191 Å². The molecule has 1 saturated heterocycles. The molecular weight excluding hydrogens is 402 g/mol. The highest BCUT2D eigenvalue weighted by atomic mass is 16.5. The molecule has 1 fully saturated rings. The van der Waals surface area contributed by atoms with Gasteiger partial charge in [0.05, 0.1) is 19.8 Å². The molecule has 1 aliphatic heterocycles. The molecule has 0 saturated carbocycles. The molecule has 6 nitrogen and oxygen atoms in total. The Kier molecular flexibility index (Phi) is 7.46. The van der Waals surface area contributed by atoms with E-state index in [1.807, 2.05) is 76.5 Å². The molecule has 0 radical (unpaired) electrons. The van der Waals surface area contributed by atoms with Crippen LogP contribution in [-0.4, -0.2) is 55.9 Å². The van der Waals surface area contributed by atoms with E-state index in [1.54, 1.807) is 0 Å². The number of amides is 1. The first-order chi connectivity index (χ1) is 15.2. The summed E-state index contributed by atoms with van der Waals surface area (Å²) in [5.41, 5.74) is 2.97. The molecule has 3 rings (SSSR count). The van der Waals surface area contributed by atoms with Crippen LogP contribution in [0.25, 0.3) is 0 Å². The zero-order valence-electron chi connectivity index (χ0n) is 19.8. The van der Waals surface area contributed by atoms with E-state index in [-0.39, 0.29) is 16.4 Å². The Balaban J connectivity index is 2.08. The molecule has 32 heavy (non-hydrogen) atoms. The summed E-state index contributed by atoms with van der Waals surface area (Å²) in [5, 5.41) is 0. The number of aliphatic imine (C=N–C) groups is 1. The van der Waals surface area contributed by atoms with E-state index in [2.05, 4.69) is 4.90 Å². The third-order valence-corrected chi connectivity index (χ3v) is 6.00. The van der Waals surface area contributed by atoms with Crippen molar-refractivity contribution in [3.05, 3.63) is 59.7 Å². The van der Waals surface area contributed by atoms with Gasteiger partial charge in [-0.05, 0) is 56.9 Å². The summed E-state index contributed by atoms with van der Waals surface area (Å²) in [6.45, 7) is 6.92. The molecule has 0 aromatic heterocycles. The lowest BCUT2D eigenvalue weighted by molar-refractivity contribution is -0.142. The van der Waals surface area contributed by atoms with Crippen molar-refractivity contribution in [2.45, 2.75) is 46.1 Å². The standard InChI is InChI=1S/C26H34N3O3/c1-19-13-12-16-23(24(19)26(31)29(4,5)22-14-8-6-9-15-22)27-25(20(2)32-21(3)30)28-17-10-7-11-18-28/h6,8-9,12-16,20H,7,10-11,17-18H2,1-5H3/q+1/t20-/m0/s1. The minimum Gasteiger partial charge on any atom is -0.455 e. The lowest BCUT2D eigenvalue weighted by Crippen LogP contribution is -2.47. The van der Waals surface area contributed by atoms with Gasteiger partial charge in [-0.15, -0.1) is 0 Å². The molecule has 1 amide bonds. The number of hydrogen-bond donors (Lipinski definition) is 0. The summed E-state index contributed by atoms with van der Waals surface area (Å²) in [5.74, 6) is 0.320. The smallest absolute Gasteiger partial charge is 0.352 e. The van der Waals surface area contributed by atoms with Gasteiger partial charge in [-0.2, -0.15) is 0 Å². The van der Waals surface area contributed by atoms with E-state index in [9.17, 15) is 9.59 Å². The average molecular weight is 437 g/mol. The van der Waals surface area contributed by atoms with Crippen LogP contribution in [0, 0.1) is 6.92 Å². The first-order valence-electron chi connectivity index (χ1n) is 11.3. The number of likely N-dealkylation sites (tertiary alicyclic amines) is 1. The number of para-hydroxylation sites is 1. The first-order valence-corrected chi connectivity index (χ1v) is 11.3. The summed E-state index contributed by atoms with van der Waals surface area (Å²) < 4.78 is 5.58. The van der Waals surface area contributed by atoms with E-state index >= 15 is 0 Å². The van der Waals surface area contributed by atoms with Crippen molar-refractivity contribution in [3.63, 3.8) is 0 Å². The summed E-state index contributed by atoms with van der Waals surface area (Å²) in [6, 6.07) is 15.5. The fourth-order valence-electron chi connectivity index (χ4n) is 4.19. The predicted molar refractivity (Wildman–Crippen MR) is 129 cm³/mol. The zero-order chi connectivity index (χ0) is 23.3. The van der Waals surface area contributed by atoms with Crippen LogP contribution in [0.3, 0.4) is 0 Å². The molecule has 170 valence electrons. The topological polar surface area (TPSA) is 59.0 Å². The summed E-state index contributed by atoms with van der Waals surface area (Å²) in [6.07, 6.45) is 2.83. The number of aryl methyl sites for hydroxylation is 1. The summed E-state index contributed by atoms with van der Waals surface area (Å²) in [4.78, 5) is 32.6. The molecule has 1 heterocycles.